The average molecular weight is 413 g/mol. The van der Waals surface area contributed by atoms with Gasteiger partial charge in [-0.1, -0.05) is 36.4 Å². The van der Waals surface area contributed by atoms with E-state index in [-0.39, 0.29) is 23.2 Å². The second-order valence-electron chi connectivity index (χ2n) is 6.81. The van der Waals surface area contributed by atoms with Crippen molar-refractivity contribution >= 4 is 21.4 Å². The van der Waals surface area contributed by atoms with E-state index in [1.807, 2.05) is 0 Å². The second-order valence-corrected chi connectivity index (χ2v) is 9.04. The minimum Gasteiger partial charge on any atom is -0.329 e. The fourth-order valence-corrected chi connectivity index (χ4v) is 5.01. The predicted molar refractivity (Wildman–Crippen MR) is 98.2 cm³/mol. The highest BCUT2D eigenvalue weighted by molar-refractivity contribution is 7.91. The molecule has 5 nitrogen and oxygen atoms in total. The molecule has 1 aliphatic heterocycles. The molecule has 1 fully saturated rings. The summed E-state index contributed by atoms with van der Waals surface area (Å²) in [5.41, 5.74) is -0.170. The number of sulfone groups is 1. The van der Waals surface area contributed by atoms with E-state index in [4.69, 9.17) is 0 Å². The molecule has 2 aromatic carbocycles. The molecule has 150 valence electrons. The SMILES string of the molecule is O=C(Nc1cccc(C(F)(F)F)c1)[C@H]([NH2+][C@@H]1CCS(=O)(=O)C1)c1ccccc1. The number of alkyl halides is 3. The molecule has 3 rings (SSSR count). The summed E-state index contributed by atoms with van der Waals surface area (Å²) >= 11 is 0. The predicted octanol–water partition coefficient (Wildman–Crippen LogP) is 2.14. The number of carbonyl (C=O) groups is 1. The van der Waals surface area contributed by atoms with E-state index in [0.717, 1.165) is 12.1 Å². The van der Waals surface area contributed by atoms with Gasteiger partial charge in [0.15, 0.2) is 15.9 Å². The molecule has 2 aromatic rings. The van der Waals surface area contributed by atoms with Gasteiger partial charge in [-0.2, -0.15) is 13.2 Å². The molecule has 0 aliphatic carbocycles. The van der Waals surface area contributed by atoms with E-state index in [9.17, 15) is 26.4 Å². The van der Waals surface area contributed by atoms with Crippen LogP contribution in [0.15, 0.2) is 54.6 Å². The maximum atomic E-state index is 12.9. The number of nitrogens with one attached hydrogen (secondary N) is 1. The van der Waals surface area contributed by atoms with E-state index in [1.165, 1.54) is 12.1 Å². The first kappa shape index (κ1) is 20.3. The summed E-state index contributed by atoms with van der Waals surface area (Å²) in [6.07, 6.45) is -4.08. The van der Waals surface area contributed by atoms with Crippen LogP contribution >= 0.6 is 0 Å². The minimum atomic E-state index is -4.51. The molecule has 3 N–H and O–H groups in total. The largest absolute Gasteiger partial charge is 0.416 e. The van der Waals surface area contributed by atoms with Crippen LogP contribution in [0.2, 0.25) is 0 Å². The lowest BCUT2D eigenvalue weighted by Crippen LogP contribution is -2.93. The van der Waals surface area contributed by atoms with Gasteiger partial charge in [0.05, 0.1) is 11.3 Å². The summed E-state index contributed by atoms with van der Waals surface area (Å²) in [6, 6.07) is 12.1. The van der Waals surface area contributed by atoms with Crippen LogP contribution in [0.5, 0.6) is 0 Å². The molecule has 2 atom stereocenters. The smallest absolute Gasteiger partial charge is 0.329 e. The van der Waals surface area contributed by atoms with Gasteiger partial charge >= 0.3 is 6.18 Å². The van der Waals surface area contributed by atoms with Crippen molar-refractivity contribution in [2.24, 2.45) is 0 Å². The molecule has 0 spiro atoms. The molecule has 0 bridgehead atoms. The number of hydrogen-bond acceptors (Lipinski definition) is 3. The first-order valence-electron chi connectivity index (χ1n) is 8.72. The van der Waals surface area contributed by atoms with Gasteiger partial charge in [0.1, 0.15) is 11.8 Å². The van der Waals surface area contributed by atoms with Crippen LogP contribution < -0.4 is 10.6 Å². The lowest BCUT2D eigenvalue weighted by Gasteiger charge is -2.19. The molecule has 1 aliphatic rings. The van der Waals surface area contributed by atoms with Gasteiger partial charge in [-0.05, 0) is 18.2 Å². The highest BCUT2D eigenvalue weighted by atomic mass is 32.2. The van der Waals surface area contributed by atoms with Gasteiger partial charge in [-0.3, -0.25) is 4.79 Å². The van der Waals surface area contributed by atoms with Crippen LogP contribution in [0, 0.1) is 0 Å². The molecule has 1 amide bonds. The Bertz CT molecular complexity index is 946. The fourth-order valence-electron chi connectivity index (χ4n) is 3.25. The molecular weight excluding hydrogens is 393 g/mol. The summed E-state index contributed by atoms with van der Waals surface area (Å²) in [5.74, 6) is -0.451. The highest BCUT2D eigenvalue weighted by Gasteiger charge is 2.36. The second kappa shape index (κ2) is 7.92. The van der Waals surface area contributed by atoms with Crippen LogP contribution in [-0.4, -0.2) is 31.9 Å². The molecule has 1 heterocycles. The standard InChI is InChI=1S/C19H19F3N2O3S/c20-19(21,22)14-7-4-8-15(11-14)24-18(25)17(13-5-2-1-3-6-13)23-16-9-10-28(26,27)12-16/h1-8,11,16-17,23H,9-10,12H2,(H,24,25)/p+1/t16-,17-/m1/s1. The van der Waals surface area contributed by atoms with E-state index in [2.05, 4.69) is 5.32 Å². The number of nitrogens with two attached hydrogens (primary N) is 1. The van der Waals surface area contributed by atoms with Gasteiger partial charge in [0, 0.05) is 17.7 Å². The van der Waals surface area contributed by atoms with Crippen molar-refractivity contribution in [1.82, 2.24) is 0 Å². The van der Waals surface area contributed by atoms with Crippen molar-refractivity contribution in [2.45, 2.75) is 24.7 Å². The monoisotopic (exact) mass is 413 g/mol. The van der Waals surface area contributed by atoms with Gasteiger partial charge < -0.3 is 10.6 Å². The minimum absolute atomic E-state index is 0.0207. The van der Waals surface area contributed by atoms with Crippen molar-refractivity contribution in [3.05, 3.63) is 65.7 Å². The summed E-state index contributed by atoms with van der Waals surface area (Å²) < 4.78 is 62.1. The molecule has 0 saturated carbocycles. The number of hydrogen-bond donors (Lipinski definition) is 2. The van der Waals surface area contributed by atoms with Gasteiger partial charge in [0.25, 0.3) is 5.91 Å². The number of carbonyl (C=O) groups excluding carboxylic acids is 1. The van der Waals surface area contributed by atoms with E-state index >= 15 is 0 Å². The van der Waals surface area contributed by atoms with Crippen LogP contribution in [0.3, 0.4) is 0 Å². The van der Waals surface area contributed by atoms with Crippen molar-refractivity contribution in [2.75, 3.05) is 16.8 Å². The molecule has 0 aromatic heterocycles. The average Bonchev–Trinajstić information content (AvgIpc) is 2.98. The third kappa shape index (κ3) is 5.11. The molecular formula is C19H20F3N2O3S+. The Morgan fingerprint density at radius 1 is 1.11 bits per heavy atom. The Hall–Kier alpha value is -2.39. The summed E-state index contributed by atoms with van der Waals surface area (Å²) in [5, 5.41) is 4.21. The fraction of sp³-hybridized carbons (Fsp3) is 0.316. The number of amides is 1. The van der Waals surface area contributed by atoms with Gasteiger partial charge in [-0.15, -0.1) is 0 Å². The number of quaternary nitrogens is 1. The lowest BCUT2D eigenvalue weighted by molar-refractivity contribution is -0.710. The van der Waals surface area contributed by atoms with E-state index < -0.39 is 33.5 Å². The molecule has 9 heteroatoms. The van der Waals surface area contributed by atoms with Crippen LogP contribution in [0.4, 0.5) is 18.9 Å². The zero-order valence-corrected chi connectivity index (χ0v) is 15.6. The number of halogens is 3. The van der Waals surface area contributed by atoms with Crippen molar-refractivity contribution in [3.8, 4) is 0 Å². The van der Waals surface area contributed by atoms with E-state index in [1.54, 1.807) is 35.6 Å². The van der Waals surface area contributed by atoms with Gasteiger partial charge in [0.2, 0.25) is 0 Å². The first-order valence-corrected chi connectivity index (χ1v) is 10.5. The number of anilines is 1. The summed E-state index contributed by atoms with van der Waals surface area (Å²) in [7, 11) is -3.12. The maximum Gasteiger partial charge on any atom is 0.416 e. The normalized spacial score (nSPS) is 19.9. The lowest BCUT2D eigenvalue weighted by atomic mass is 10.0. The van der Waals surface area contributed by atoms with Crippen molar-refractivity contribution < 1.29 is 31.7 Å². The molecule has 1 saturated heterocycles. The van der Waals surface area contributed by atoms with Crippen LogP contribution in [0.25, 0.3) is 0 Å². The Morgan fingerprint density at radius 3 is 2.43 bits per heavy atom. The summed E-state index contributed by atoms with van der Waals surface area (Å²) in [4.78, 5) is 12.9. The van der Waals surface area contributed by atoms with Crippen molar-refractivity contribution in [3.63, 3.8) is 0 Å². The molecule has 28 heavy (non-hydrogen) atoms. The summed E-state index contributed by atoms with van der Waals surface area (Å²) in [6.45, 7) is 0. The molecule has 0 unspecified atom stereocenters. The quantitative estimate of drug-likeness (QED) is 0.788. The van der Waals surface area contributed by atoms with Crippen molar-refractivity contribution in [1.29, 1.82) is 0 Å². The van der Waals surface area contributed by atoms with Crippen LogP contribution in [-0.2, 0) is 20.8 Å². The Morgan fingerprint density at radius 2 is 1.82 bits per heavy atom. The van der Waals surface area contributed by atoms with E-state index in [0.29, 0.717) is 12.0 Å². The Balaban J connectivity index is 1.81. The first-order chi connectivity index (χ1) is 13.1. The Labute approximate surface area is 160 Å². The third-order valence-corrected chi connectivity index (χ3v) is 6.42. The number of benzene rings is 2. The maximum absolute atomic E-state index is 12.9. The van der Waals surface area contributed by atoms with Gasteiger partial charge in [-0.25, -0.2) is 8.42 Å². The molecule has 0 radical (unpaired) electrons. The zero-order chi connectivity index (χ0) is 20.4. The zero-order valence-electron chi connectivity index (χ0n) is 14.8. The topological polar surface area (TPSA) is 79.8 Å². The number of rotatable bonds is 5. The highest BCUT2D eigenvalue weighted by Crippen LogP contribution is 2.30. The Kier molecular flexibility index (Phi) is 5.76. The van der Waals surface area contributed by atoms with Crippen LogP contribution in [0.1, 0.15) is 23.6 Å². The third-order valence-electron chi connectivity index (χ3n) is 4.63.